The summed E-state index contributed by atoms with van der Waals surface area (Å²) in [6.45, 7) is 4.27. The molecule has 0 spiro atoms. The summed E-state index contributed by atoms with van der Waals surface area (Å²) in [5, 5.41) is 2.88. The summed E-state index contributed by atoms with van der Waals surface area (Å²) < 4.78 is 9.48. The van der Waals surface area contributed by atoms with E-state index in [9.17, 15) is 14.4 Å². The van der Waals surface area contributed by atoms with E-state index in [1.54, 1.807) is 0 Å². The third-order valence-corrected chi connectivity index (χ3v) is 4.73. The quantitative estimate of drug-likeness (QED) is 0.402. The minimum absolute atomic E-state index is 0.0808. The number of ether oxygens (including phenoxy) is 2. The highest BCUT2D eigenvalue weighted by Crippen LogP contribution is 2.22. The van der Waals surface area contributed by atoms with Crippen molar-refractivity contribution >= 4 is 23.5 Å². The number of amides is 1. The summed E-state index contributed by atoms with van der Waals surface area (Å²) in [6, 6.07) is 4.43. The molecule has 28 heavy (non-hydrogen) atoms. The van der Waals surface area contributed by atoms with E-state index >= 15 is 0 Å². The van der Waals surface area contributed by atoms with Crippen molar-refractivity contribution in [1.29, 1.82) is 0 Å². The van der Waals surface area contributed by atoms with Gasteiger partial charge in [0, 0.05) is 11.6 Å². The lowest BCUT2D eigenvalue weighted by molar-refractivity contribution is -0.120. The molecule has 6 nitrogen and oxygen atoms in total. The minimum atomic E-state index is -0.580. The van der Waals surface area contributed by atoms with Gasteiger partial charge in [-0.1, -0.05) is 52.4 Å². The molecule has 6 heteroatoms. The van der Waals surface area contributed by atoms with Gasteiger partial charge in [0.25, 0.3) is 0 Å². The first-order chi connectivity index (χ1) is 13.5. The maximum Gasteiger partial charge on any atom is 0.337 e. The van der Waals surface area contributed by atoms with Crippen molar-refractivity contribution in [3.8, 4) is 0 Å². The van der Waals surface area contributed by atoms with Crippen LogP contribution in [0.15, 0.2) is 18.2 Å². The molecule has 1 aromatic carbocycles. The maximum absolute atomic E-state index is 12.8. The normalized spacial score (nSPS) is 11.6. The van der Waals surface area contributed by atoms with Crippen LogP contribution < -0.4 is 5.32 Å². The Labute approximate surface area is 168 Å². The number of rotatable bonds is 12. The summed E-state index contributed by atoms with van der Waals surface area (Å²) in [6.07, 6.45) is 8.15. The van der Waals surface area contributed by atoms with Crippen LogP contribution in [0.2, 0.25) is 0 Å². The van der Waals surface area contributed by atoms with E-state index in [-0.39, 0.29) is 23.0 Å². The van der Waals surface area contributed by atoms with E-state index in [4.69, 9.17) is 9.47 Å². The fraction of sp³-hybridized carbons (Fsp3) is 0.591. The van der Waals surface area contributed by atoms with Crippen LogP contribution in [0.4, 0.5) is 5.69 Å². The molecule has 1 atom stereocenters. The van der Waals surface area contributed by atoms with Crippen LogP contribution in [-0.2, 0) is 14.3 Å². The second-order valence-corrected chi connectivity index (χ2v) is 6.96. The van der Waals surface area contributed by atoms with Crippen molar-refractivity contribution in [2.24, 2.45) is 5.92 Å². The molecule has 1 rings (SSSR count). The Morgan fingerprint density at radius 3 is 1.86 bits per heavy atom. The van der Waals surface area contributed by atoms with Crippen LogP contribution in [0.5, 0.6) is 0 Å². The standard InChI is InChI=1S/C22H33NO5/c1-5-7-9-10-12-16(11-8-6-2)20(24)23-19-14-17(21(25)27-3)13-18(15-19)22(26)28-4/h13-16H,5-12H2,1-4H3,(H,23,24). The smallest absolute Gasteiger partial charge is 0.337 e. The highest BCUT2D eigenvalue weighted by Gasteiger charge is 2.20. The first-order valence-electron chi connectivity index (χ1n) is 10.1. The molecule has 1 unspecified atom stereocenters. The van der Waals surface area contributed by atoms with Gasteiger partial charge >= 0.3 is 11.9 Å². The monoisotopic (exact) mass is 391 g/mol. The van der Waals surface area contributed by atoms with Gasteiger partial charge in [-0.05, 0) is 31.0 Å². The number of esters is 2. The Bertz CT molecular complexity index is 622. The third-order valence-electron chi connectivity index (χ3n) is 4.73. The van der Waals surface area contributed by atoms with Crippen LogP contribution in [0, 0.1) is 5.92 Å². The fourth-order valence-electron chi connectivity index (χ4n) is 3.09. The number of hydrogen-bond donors (Lipinski definition) is 1. The van der Waals surface area contributed by atoms with Gasteiger partial charge in [-0.3, -0.25) is 4.79 Å². The Hall–Kier alpha value is -2.37. The Kier molecular flexibility index (Phi) is 10.9. The predicted molar refractivity (Wildman–Crippen MR) is 110 cm³/mol. The van der Waals surface area contributed by atoms with Crippen LogP contribution in [0.3, 0.4) is 0 Å². The molecule has 0 aliphatic heterocycles. The molecule has 0 saturated heterocycles. The van der Waals surface area contributed by atoms with Gasteiger partial charge in [-0.15, -0.1) is 0 Å². The molecule has 1 aromatic rings. The molecule has 0 aliphatic carbocycles. The van der Waals surface area contributed by atoms with Crippen molar-refractivity contribution in [3.63, 3.8) is 0 Å². The highest BCUT2D eigenvalue weighted by molar-refractivity contribution is 5.99. The lowest BCUT2D eigenvalue weighted by Gasteiger charge is -2.17. The fourth-order valence-corrected chi connectivity index (χ4v) is 3.09. The van der Waals surface area contributed by atoms with Gasteiger partial charge in [0.05, 0.1) is 25.3 Å². The van der Waals surface area contributed by atoms with Crippen molar-refractivity contribution in [3.05, 3.63) is 29.3 Å². The van der Waals surface area contributed by atoms with E-state index in [2.05, 4.69) is 19.2 Å². The molecule has 0 aromatic heterocycles. The summed E-state index contributed by atoms with van der Waals surface area (Å²) in [7, 11) is 2.53. The number of carbonyl (C=O) groups excluding carboxylic acids is 3. The minimum Gasteiger partial charge on any atom is -0.465 e. The maximum atomic E-state index is 12.8. The van der Waals surface area contributed by atoms with Gasteiger partial charge in [-0.2, -0.15) is 0 Å². The number of carbonyl (C=O) groups is 3. The number of nitrogens with one attached hydrogen (secondary N) is 1. The largest absolute Gasteiger partial charge is 0.465 e. The lowest BCUT2D eigenvalue weighted by atomic mass is 9.94. The van der Waals surface area contributed by atoms with Gasteiger partial charge in [0.15, 0.2) is 0 Å². The SMILES string of the molecule is CCCCCCC(CCCC)C(=O)Nc1cc(C(=O)OC)cc(C(=O)OC)c1. The van der Waals surface area contributed by atoms with Crippen molar-refractivity contribution < 1.29 is 23.9 Å². The average Bonchev–Trinajstić information content (AvgIpc) is 2.71. The zero-order valence-electron chi connectivity index (χ0n) is 17.5. The zero-order chi connectivity index (χ0) is 20.9. The molecule has 0 bridgehead atoms. The predicted octanol–water partition coefficient (Wildman–Crippen LogP) is 4.98. The third kappa shape index (κ3) is 7.71. The molecule has 0 fully saturated rings. The molecule has 1 amide bonds. The van der Waals surface area contributed by atoms with E-state index < -0.39 is 11.9 Å². The summed E-state index contributed by atoms with van der Waals surface area (Å²) in [5.41, 5.74) is 0.769. The molecular formula is C22H33NO5. The van der Waals surface area contributed by atoms with Crippen LogP contribution in [0.25, 0.3) is 0 Å². The first kappa shape index (κ1) is 23.7. The molecule has 0 saturated carbocycles. The molecule has 156 valence electrons. The number of hydrogen-bond acceptors (Lipinski definition) is 5. The number of methoxy groups -OCH3 is 2. The number of anilines is 1. The van der Waals surface area contributed by atoms with Gasteiger partial charge in [-0.25, -0.2) is 9.59 Å². The van der Waals surface area contributed by atoms with Crippen LogP contribution >= 0.6 is 0 Å². The van der Waals surface area contributed by atoms with E-state index in [1.807, 2.05) is 0 Å². The van der Waals surface area contributed by atoms with Gasteiger partial charge < -0.3 is 14.8 Å². The van der Waals surface area contributed by atoms with E-state index in [0.717, 1.165) is 44.9 Å². The summed E-state index contributed by atoms with van der Waals surface area (Å²) in [4.78, 5) is 36.7. The number of unbranched alkanes of at least 4 members (excludes halogenated alkanes) is 4. The second-order valence-electron chi connectivity index (χ2n) is 6.96. The van der Waals surface area contributed by atoms with E-state index in [0.29, 0.717) is 5.69 Å². The topological polar surface area (TPSA) is 81.7 Å². The highest BCUT2D eigenvalue weighted by atomic mass is 16.5. The Morgan fingerprint density at radius 2 is 1.36 bits per heavy atom. The molecule has 0 radical (unpaired) electrons. The molecule has 0 heterocycles. The van der Waals surface area contributed by atoms with Gasteiger partial charge in [0.1, 0.15) is 0 Å². The summed E-state index contributed by atoms with van der Waals surface area (Å²) >= 11 is 0. The number of benzene rings is 1. The average molecular weight is 392 g/mol. The Morgan fingerprint density at radius 1 is 0.821 bits per heavy atom. The van der Waals surface area contributed by atoms with Crippen LogP contribution in [-0.4, -0.2) is 32.1 Å². The first-order valence-corrected chi connectivity index (χ1v) is 10.1. The van der Waals surface area contributed by atoms with Crippen molar-refractivity contribution in [1.82, 2.24) is 0 Å². The van der Waals surface area contributed by atoms with E-state index in [1.165, 1.54) is 38.8 Å². The summed E-state index contributed by atoms with van der Waals surface area (Å²) in [5.74, 6) is -1.32. The molecule has 0 aliphatic rings. The Balaban J connectivity index is 2.97. The second kappa shape index (κ2) is 12.9. The zero-order valence-corrected chi connectivity index (χ0v) is 17.5. The van der Waals surface area contributed by atoms with Crippen LogP contribution in [0.1, 0.15) is 85.9 Å². The molecule has 1 N–H and O–H groups in total. The van der Waals surface area contributed by atoms with Crippen molar-refractivity contribution in [2.45, 2.75) is 65.2 Å². The lowest BCUT2D eigenvalue weighted by Crippen LogP contribution is -2.23. The van der Waals surface area contributed by atoms with Gasteiger partial charge in [0.2, 0.25) is 5.91 Å². The van der Waals surface area contributed by atoms with Crippen molar-refractivity contribution in [2.75, 3.05) is 19.5 Å². The molecular weight excluding hydrogens is 358 g/mol.